The van der Waals surface area contributed by atoms with Crippen LogP contribution in [0.1, 0.15) is 20.3 Å². The van der Waals surface area contributed by atoms with Gasteiger partial charge in [-0.1, -0.05) is 0 Å². The molecule has 1 unspecified atom stereocenters. The van der Waals surface area contributed by atoms with Crippen LogP contribution in [0.15, 0.2) is 11.1 Å². The molecular formula is C10H15NO4. The highest BCUT2D eigenvalue weighted by atomic mass is 16.5. The number of hydrogen-bond donors (Lipinski definition) is 2. The molecule has 0 spiro atoms. The summed E-state index contributed by atoms with van der Waals surface area (Å²) in [5.41, 5.74) is 0.320. The van der Waals surface area contributed by atoms with E-state index in [-0.39, 0.29) is 23.1 Å². The van der Waals surface area contributed by atoms with Crippen LogP contribution in [0.2, 0.25) is 0 Å². The highest BCUT2D eigenvalue weighted by molar-refractivity contribution is 6.01. The van der Waals surface area contributed by atoms with Crippen molar-refractivity contribution in [3.05, 3.63) is 11.1 Å². The smallest absolute Gasteiger partial charge is 0.331 e. The Morgan fingerprint density at radius 2 is 2.00 bits per heavy atom. The van der Waals surface area contributed by atoms with E-state index >= 15 is 0 Å². The lowest BCUT2D eigenvalue weighted by Gasteiger charge is -2.11. The van der Waals surface area contributed by atoms with E-state index in [1.807, 2.05) is 0 Å². The largest absolute Gasteiger partial charge is 0.478 e. The van der Waals surface area contributed by atoms with Gasteiger partial charge < -0.3 is 15.2 Å². The molecule has 1 amide bonds. The van der Waals surface area contributed by atoms with E-state index in [9.17, 15) is 9.59 Å². The van der Waals surface area contributed by atoms with E-state index < -0.39 is 5.97 Å². The van der Waals surface area contributed by atoms with Gasteiger partial charge in [0, 0.05) is 17.8 Å². The number of carbonyl (C=O) groups excluding carboxylic acids is 1. The predicted octanol–water partition coefficient (Wildman–Crippen LogP) is 0.312. The summed E-state index contributed by atoms with van der Waals surface area (Å²) in [6.07, 6.45) is 0.783. The third kappa shape index (κ3) is 3.06. The van der Waals surface area contributed by atoms with Gasteiger partial charge in [-0.05, 0) is 20.3 Å². The minimum Gasteiger partial charge on any atom is -0.478 e. The van der Waals surface area contributed by atoms with E-state index in [4.69, 9.17) is 9.84 Å². The summed E-state index contributed by atoms with van der Waals surface area (Å²) < 4.78 is 5.10. The SMILES string of the molecule is CC(C(=O)O)=C(C)C(=O)NC1CCOC1. The van der Waals surface area contributed by atoms with Gasteiger partial charge >= 0.3 is 5.97 Å². The average Bonchev–Trinajstić information content (AvgIpc) is 2.67. The fourth-order valence-electron chi connectivity index (χ4n) is 1.27. The lowest BCUT2D eigenvalue weighted by atomic mass is 10.1. The van der Waals surface area contributed by atoms with Crippen molar-refractivity contribution in [1.82, 2.24) is 5.32 Å². The zero-order valence-electron chi connectivity index (χ0n) is 8.87. The van der Waals surface area contributed by atoms with Crippen LogP contribution in [0.5, 0.6) is 0 Å². The normalized spacial score (nSPS) is 22.1. The summed E-state index contributed by atoms with van der Waals surface area (Å²) in [4.78, 5) is 22.2. The van der Waals surface area contributed by atoms with Crippen molar-refractivity contribution < 1.29 is 19.4 Å². The zero-order chi connectivity index (χ0) is 11.4. The fraction of sp³-hybridized carbons (Fsp3) is 0.600. The monoisotopic (exact) mass is 213 g/mol. The molecule has 0 saturated carbocycles. The van der Waals surface area contributed by atoms with Crippen LogP contribution >= 0.6 is 0 Å². The van der Waals surface area contributed by atoms with E-state index in [2.05, 4.69) is 5.32 Å². The molecule has 1 rings (SSSR count). The molecule has 0 aromatic heterocycles. The Labute approximate surface area is 88.1 Å². The molecule has 0 aromatic rings. The molecule has 15 heavy (non-hydrogen) atoms. The Morgan fingerprint density at radius 3 is 2.47 bits per heavy atom. The molecule has 0 aliphatic carbocycles. The van der Waals surface area contributed by atoms with Gasteiger partial charge in [0.2, 0.25) is 5.91 Å². The van der Waals surface area contributed by atoms with Gasteiger partial charge in [-0.25, -0.2) is 4.79 Å². The molecule has 0 bridgehead atoms. The minimum atomic E-state index is -1.06. The Balaban J connectivity index is 2.59. The first kappa shape index (κ1) is 11.7. The number of amides is 1. The Bertz CT molecular complexity index is 303. The molecule has 2 N–H and O–H groups in total. The standard InChI is InChI=1S/C10H15NO4/c1-6(7(2)10(13)14)9(12)11-8-3-4-15-5-8/h8H,3-5H2,1-2H3,(H,11,12)(H,13,14). The number of hydrogen-bond acceptors (Lipinski definition) is 3. The van der Waals surface area contributed by atoms with Crippen molar-refractivity contribution in [2.45, 2.75) is 26.3 Å². The highest BCUT2D eigenvalue weighted by Crippen LogP contribution is 2.07. The van der Waals surface area contributed by atoms with Gasteiger partial charge in [-0.3, -0.25) is 4.79 Å². The molecule has 1 aliphatic rings. The predicted molar refractivity (Wildman–Crippen MR) is 53.4 cm³/mol. The second kappa shape index (κ2) is 4.93. The lowest BCUT2D eigenvalue weighted by Crippen LogP contribution is -2.36. The molecule has 5 heteroatoms. The molecule has 0 aromatic carbocycles. The molecule has 0 radical (unpaired) electrons. The van der Waals surface area contributed by atoms with Gasteiger partial charge in [0.15, 0.2) is 0 Å². The third-order valence-electron chi connectivity index (χ3n) is 2.49. The van der Waals surface area contributed by atoms with Crippen LogP contribution in [0.25, 0.3) is 0 Å². The van der Waals surface area contributed by atoms with Crippen molar-refractivity contribution >= 4 is 11.9 Å². The summed E-state index contributed by atoms with van der Waals surface area (Å²) >= 11 is 0. The van der Waals surface area contributed by atoms with Gasteiger partial charge in [0.05, 0.1) is 12.6 Å². The zero-order valence-corrected chi connectivity index (χ0v) is 8.87. The molecule has 1 heterocycles. The third-order valence-corrected chi connectivity index (χ3v) is 2.49. The quantitative estimate of drug-likeness (QED) is 0.662. The second-order valence-corrected chi connectivity index (χ2v) is 3.59. The maximum absolute atomic E-state index is 11.6. The number of aliphatic carboxylic acids is 1. The van der Waals surface area contributed by atoms with Crippen LogP contribution in [0.4, 0.5) is 0 Å². The lowest BCUT2D eigenvalue weighted by molar-refractivity contribution is -0.133. The maximum atomic E-state index is 11.6. The van der Waals surface area contributed by atoms with Crippen molar-refractivity contribution in [1.29, 1.82) is 0 Å². The van der Waals surface area contributed by atoms with Gasteiger partial charge in [-0.15, -0.1) is 0 Å². The number of carboxylic acid groups (broad SMARTS) is 1. The van der Waals surface area contributed by atoms with E-state index in [0.717, 1.165) is 6.42 Å². The molecule has 1 atom stereocenters. The van der Waals surface area contributed by atoms with Crippen LogP contribution in [-0.2, 0) is 14.3 Å². The first-order chi connectivity index (χ1) is 7.02. The molecule has 1 aliphatic heterocycles. The van der Waals surface area contributed by atoms with E-state index in [0.29, 0.717) is 13.2 Å². The number of carboxylic acids is 1. The van der Waals surface area contributed by atoms with Crippen molar-refractivity contribution in [3.63, 3.8) is 0 Å². The highest BCUT2D eigenvalue weighted by Gasteiger charge is 2.20. The van der Waals surface area contributed by atoms with Gasteiger partial charge in [0.25, 0.3) is 0 Å². The summed E-state index contributed by atoms with van der Waals surface area (Å²) in [5.74, 6) is -1.39. The molecule has 1 fully saturated rings. The van der Waals surface area contributed by atoms with Crippen LogP contribution in [0.3, 0.4) is 0 Å². The van der Waals surface area contributed by atoms with Crippen LogP contribution < -0.4 is 5.32 Å². The first-order valence-corrected chi connectivity index (χ1v) is 4.81. The Hall–Kier alpha value is -1.36. The second-order valence-electron chi connectivity index (χ2n) is 3.59. The van der Waals surface area contributed by atoms with Crippen molar-refractivity contribution in [3.8, 4) is 0 Å². The van der Waals surface area contributed by atoms with Crippen molar-refractivity contribution in [2.24, 2.45) is 0 Å². The average molecular weight is 213 g/mol. The maximum Gasteiger partial charge on any atom is 0.331 e. The molecule has 5 nitrogen and oxygen atoms in total. The van der Waals surface area contributed by atoms with Gasteiger partial charge in [0.1, 0.15) is 0 Å². The Kier molecular flexibility index (Phi) is 3.85. The number of carbonyl (C=O) groups is 2. The summed E-state index contributed by atoms with van der Waals surface area (Å²) in [5, 5.41) is 11.4. The number of rotatable bonds is 3. The van der Waals surface area contributed by atoms with Gasteiger partial charge in [-0.2, -0.15) is 0 Å². The van der Waals surface area contributed by atoms with E-state index in [1.165, 1.54) is 13.8 Å². The fourth-order valence-corrected chi connectivity index (χ4v) is 1.27. The molecular weight excluding hydrogens is 198 g/mol. The minimum absolute atomic E-state index is 0.00837. The summed E-state index contributed by atoms with van der Waals surface area (Å²) in [6, 6.07) is 0.00837. The van der Waals surface area contributed by atoms with Crippen LogP contribution in [0, 0.1) is 0 Å². The summed E-state index contributed by atoms with van der Waals surface area (Å²) in [6.45, 7) is 4.08. The topological polar surface area (TPSA) is 75.6 Å². The van der Waals surface area contributed by atoms with Crippen LogP contribution in [-0.4, -0.2) is 36.2 Å². The number of nitrogens with one attached hydrogen (secondary N) is 1. The molecule has 1 saturated heterocycles. The first-order valence-electron chi connectivity index (χ1n) is 4.81. The Morgan fingerprint density at radius 1 is 1.33 bits per heavy atom. The number of ether oxygens (including phenoxy) is 1. The molecule has 84 valence electrons. The van der Waals surface area contributed by atoms with Crippen molar-refractivity contribution in [2.75, 3.05) is 13.2 Å². The van der Waals surface area contributed by atoms with E-state index in [1.54, 1.807) is 0 Å². The summed E-state index contributed by atoms with van der Waals surface area (Å²) in [7, 11) is 0.